The normalized spacial score (nSPS) is 11.6. The predicted molar refractivity (Wildman–Crippen MR) is 101 cm³/mol. The molecule has 0 aliphatic carbocycles. The van der Waals surface area contributed by atoms with E-state index < -0.39 is 0 Å². The third-order valence-corrected chi connectivity index (χ3v) is 4.22. The summed E-state index contributed by atoms with van der Waals surface area (Å²) >= 11 is 0. The Morgan fingerprint density at radius 1 is 1.22 bits per heavy atom. The van der Waals surface area contributed by atoms with Crippen LogP contribution in [0.5, 0.6) is 0 Å². The van der Waals surface area contributed by atoms with Crippen LogP contribution in [0.1, 0.15) is 41.8 Å². The molecule has 7 nitrogen and oxygen atoms in total. The second-order valence-corrected chi connectivity index (χ2v) is 6.24. The smallest absolute Gasteiger partial charge is 0.252 e. The van der Waals surface area contributed by atoms with Gasteiger partial charge in [-0.15, -0.1) is 0 Å². The molecule has 0 fully saturated rings. The molecule has 27 heavy (non-hydrogen) atoms. The number of nitriles is 1. The van der Waals surface area contributed by atoms with Gasteiger partial charge in [0.05, 0.1) is 12.1 Å². The van der Waals surface area contributed by atoms with Crippen LogP contribution in [0.2, 0.25) is 0 Å². The molecule has 0 bridgehead atoms. The van der Waals surface area contributed by atoms with E-state index in [0.29, 0.717) is 12.4 Å². The first-order valence-electron chi connectivity index (χ1n) is 8.70. The third-order valence-electron chi connectivity index (χ3n) is 4.22. The van der Waals surface area contributed by atoms with Crippen molar-refractivity contribution in [3.63, 3.8) is 0 Å². The number of carbonyl (C=O) groups is 1. The molecule has 3 rings (SSSR count). The minimum absolute atomic E-state index is 0.202. The van der Waals surface area contributed by atoms with Gasteiger partial charge in [-0.2, -0.15) is 15.0 Å². The number of aromatic nitrogens is 4. The fraction of sp³-hybridized carbons (Fsp3) is 0.250. The summed E-state index contributed by atoms with van der Waals surface area (Å²) in [5.74, 6) is 0.0616. The van der Waals surface area contributed by atoms with Gasteiger partial charge >= 0.3 is 0 Å². The second-order valence-electron chi connectivity index (χ2n) is 6.24. The average Bonchev–Trinajstić information content (AvgIpc) is 3.05. The van der Waals surface area contributed by atoms with Crippen LogP contribution in [0.3, 0.4) is 0 Å². The highest BCUT2D eigenvalue weighted by atomic mass is 16.2. The predicted octanol–water partition coefficient (Wildman–Crippen LogP) is 3.28. The van der Waals surface area contributed by atoms with Crippen LogP contribution in [0, 0.1) is 25.2 Å². The summed E-state index contributed by atoms with van der Waals surface area (Å²) in [6.07, 6.45) is 2.03. The van der Waals surface area contributed by atoms with Gasteiger partial charge in [-0.05, 0) is 31.9 Å². The quantitative estimate of drug-likeness (QED) is 0.753. The third kappa shape index (κ3) is 3.85. The van der Waals surface area contributed by atoms with Crippen molar-refractivity contribution in [2.75, 3.05) is 5.32 Å². The minimum Gasteiger partial charge on any atom is -0.309 e. The Balaban J connectivity index is 1.98. The number of aryl methyl sites for hydroxylation is 2. The maximum Gasteiger partial charge on any atom is 0.252 e. The van der Waals surface area contributed by atoms with E-state index in [2.05, 4.69) is 26.5 Å². The van der Waals surface area contributed by atoms with E-state index in [4.69, 9.17) is 0 Å². The van der Waals surface area contributed by atoms with E-state index in [-0.39, 0.29) is 23.2 Å². The zero-order valence-corrected chi connectivity index (χ0v) is 15.5. The first-order chi connectivity index (χ1) is 13.0. The molecule has 7 heteroatoms. The molecule has 3 aromatic rings. The van der Waals surface area contributed by atoms with E-state index in [9.17, 15) is 10.1 Å². The molecule has 2 aromatic heterocycles. The van der Waals surface area contributed by atoms with Crippen molar-refractivity contribution >= 4 is 11.7 Å². The average molecular weight is 360 g/mol. The second kappa shape index (κ2) is 7.79. The monoisotopic (exact) mass is 360 g/mol. The number of benzene rings is 1. The summed E-state index contributed by atoms with van der Waals surface area (Å²) in [5, 5.41) is 16.5. The van der Waals surface area contributed by atoms with Gasteiger partial charge in [-0.3, -0.25) is 4.79 Å². The number of amides is 1. The lowest BCUT2D eigenvalue weighted by atomic mass is 9.95. The highest BCUT2D eigenvalue weighted by Gasteiger charge is 2.23. The summed E-state index contributed by atoms with van der Waals surface area (Å²) < 4.78 is 1.40. The van der Waals surface area contributed by atoms with Gasteiger partial charge in [0.25, 0.3) is 5.95 Å². The van der Waals surface area contributed by atoms with E-state index in [0.717, 1.165) is 17.0 Å². The zero-order chi connectivity index (χ0) is 19.4. The lowest BCUT2D eigenvalue weighted by Crippen LogP contribution is -2.23. The Labute approximate surface area is 157 Å². The minimum atomic E-state index is -0.332. The summed E-state index contributed by atoms with van der Waals surface area (Å²) in [6, 6.07) is 13.5. The Kier molecular flexibility index (Phi) is 5.27. The molecule has 0 spiro atoms. The molecule has 0 unspecified atom stereocenters. The largest absolute Gasteiger partial charge is 0.309 e. The van der Waals surface area contributed by atoms with E-state index >= 15 is 0 Å². The molecular weight excluding hydrogens is 340 g/mol. The van der Waals surface area contributed by atoms with E-state index in [1.54, 1.807) is 0 Å². The summed E-state index contributed by atoms with van der Waals surface area (Å²) in [6.45, 7) is 5.66. The molecule has 0 aliphatic rings. The highest BCUT2D eigenvalue weighted by molar-refractivity contribution is 5.96. The van der Waals surface area contributed by atoms with Gasteiger partial charge in [-0.1, -0.05) is 37.3 Å². The fourth-order valence-corrected chi connectivity index (χ4v) is 2.97. The summed E-state index contributed by atoms with van der Waals surface area (Å²) in [4.78, 5) is 21.7. The molecule has 0 saturated carbocycles. The van der Waals surface area contributed by atoms with Gasteiger partial charge in [0, 0.05) is 11.4 Å². The Hall–Kier alpha value is -3.53. The number of carbonyl (C=O) groups excluding carboxylic acids is 1. The van der Waals surface area contributed by atoms with Crippen LogP contribution in [0.4, 0.5) is 5.82 Å². The molecule has 1 N–H and O–H groups in total. The van der Waals surface area contributed by atoms with Crippen molar-refractivity contribution in [2.24, 2.45) is 0 Å². The van der Waals surface area contributed by atoms with Crippen LogP contribution in [-0.2, 0) is 4.79 Å². The van der Waals surface area contributed by atoms with Crippen LogP contribution in [0.25, 0.3) is 5.95 Å². The zero-order valence-electron chi connectivity index (χ0n) is 15.5. The summed E-state index contributed by atoms with van der Waals surface area (Å²) in [5.41, 5.74) is 2.73. The van der Waals surface area contributed by atoms with Crippen LogP contribution in [-0.4, -0.2) is 25.7 Å². The van der Waals surface area contributed by atoms with Crippen molar-refractivity contribution in [1.82, 2.24) is 19.7 Å². The van der Waals surface area contributed by atoms with Crippen LogP contribution < -0.4 is 5.32 Å². The summed E-state index contributed by atoms with van der Waals surface area (Å²) in [7, 11) is 0. The van der Waals surface area contributed by atoms with Crippen molar-refractivity contribution in [1.29, 1.82) is 5.26 Å². The molecule has 0 radical (unpaired) electrons. The molecule has 136 valence electrons. The highest BCUT2D eigenvalue weighted by Crippen LogP contribution is 2.24. The fourth-order valence-electron chi connectivity index (χ4n) is 2.97. The lowest BCUT2D eigenvalue weighted by Gasteiger charge is -2.16. The van der Waals surface area contributed by atoms with Gasteiger partial charge in [-0.25, -0.2) is 9.97 Å². The Morgan fingerprint density at radius 2 is 1.89 bits per heavy atom. The number of rotatable bonds is 5. The van der Waals surface area contributed by atoms with Crippen molar-refractivity contribution in [3.8, 4) is 12.0 Å². The van der Waals surface area contributed by atoms with Crippen LogP contribution in [0.15, 0.2) is 42.6 Å². The van der Waals surface area contributed by atoms with Crippen LogP contribution >= 0.6 is 0 Å². The first-order valence-corrected chi connectivity index (χ1v) is 8.70. The van der Waals surface area contributed by atoms with Gasteiger partial charge in [0.2, 0.25) is 5.91 Å². The molecule has 2 heterocycles. The van der Waals surface area contributed by atoms with Crippen molar-refractivity contribution < 1.29 is 4.79 Å². The van der Waals surface area contributed by atoms with Crippen molar-refractivity contribution in [3.05, 3.63) is 65.1 Å². The number of nitrogens with zero attached hydrogens (tertiary/aromatic N) is 5. The van der Waals surface area contributed by atoms with E-state index in [1.165, 1.54) is 10.9 Å². The number of nitrogens with one attached hydrogen (secondary N) is 1. The maximum atomic E-state index is 12.9. The molecule has 0 aliphatic heterocycles. The van der Waals surface area contributed by atoms with Gasteiger partial charge in [0.1, 0.15) is 11.6 Å². The Bertz CT molecular complexity index is 983. The molecular formula is C20H20N6O. The van der Waals surface area contributed by atoms with Gasteiger partial charge in [0.15, 0.2) is 5.82 Å². The number of hydrogen-bond donors (Lipinski definition) is 1. The molecule has 1 amide bonds. The SMILES string of the molecule is CC[C@@H](C(=O)Nc1c(C#N)cnn1-c1nc(C)cc(C)n1)c1ccccc1. The van der Waals surface area contributed by atoms with E-state index in [1.807, 2.05) is 57.2 Å². The molecule has 1 aromatic carbocycles. The maximum absolute atomic E-state index is 12.9. The standard InChI is InChI=1S/C20H20N6O/c1-4-17(15-8-6-5-7-9-15)19(27)25-18-16(11-21)12-22-26(18)20-23-13(2)10-14(3)24-20/h5-10,12,17H,4H2,1-3H3,(H,25,27)/t17-/m1/s1. The molecule has 0 saturated heterocycles. The molecule has 1 atom stereocenters. The number of anilines is 1. The topological polar surface area (TPSA) is 96.5 Å². The Morgan fingerprint density at radius 3 is 2.48 bits per heavy atom. The van der Waals surface area contributed by atoms with Gasteiger partial charge < -0.3 is 5.32 Å². The first kappa shape index (κ1) is 18.3. The van der Waals surface area contributed by atoms with Crippen molar-refractivity contribution in [2.45, 2.75) is 33.1 Å². The number of hydrogen-bond acceptors (Lipinski definition) is 5. The lowest BCUT2D eigenvalue weighted by molar-refractivity contribution is -0.117.